The van der Waals surface area contributed by atoms with Crippen molar-refractivity contribution in [2.24, 2.45) is 0 Å². The number of aromatic hydroxyl groups is 1. The molecule has 14 heavy (non-hydrogen) atoms. The van der Waals surface area contributed by atoms with E-state index in [0.29, 0.717) is 5.39 Å². The molecule has 0 spiro atoms. The van der Waals surface area contributed by atoms with Gasteiger partial charge >= 0.3 is 5.97 Å². The van der Waals surface area contributed by atoms with Crippen molar-refractivity contribution >= 4 is 43.3 Å². The van der Waals surface area contributed by atoms with Gasteiger partial charge in [-0.25, -0.2) is 4.79 Å². The minimum absolute atomic E-state index is 0.0955. The van der Waals surface area contributed by atoms with Crippen molar-refractivity contribution in [1.29, 1.82) is 0 Å². The first-order chi connectivity index (χ1) is 6.58. The molecule has 0 radical (unpaired) electrons. The number of phenols is 1. The van der Waals surface area contributed by atoms with Crippen molar-refractivity contribution in [1.82, 2.24) is 0 Å². The summed E-state index contributed by atoms with van der Waals surface area (Å²) in [7, 11) is 0. The maximum absolute atomic E-state index is 10.7. The van der Waals surface area contributed by atoms with Crippen LogP contribution in [0.3, 0.4) is 0 Å². The number of halogens is 1. The molecule has 2 aromatic rings. The van der Waals surface area contributed by atoms with Crippen molar-refractivity contribution in [3.63, 3.8) is 0 Å². The van der Waals surface area contributed by atoms with Crippen molar-refractivity contribution in [3.05, 3.63) is 27.5 Å². The number of rotatable bonds is 1. The Labute approximate surface area is 91.7 Å². The number of carboxylic acid groups (broad SMARTS) is 1. The standard InChI is InChI=1S/C9H5BrO3S/c10-4-1-6(11)5-3-8(9(12)13)14-7(5)2-4/h1-3,11H,(H,12,13). The number of carbonyl (C=O) groups is 1. The Hall–Kier alpha value is -1.07. The maximum atomic E-state index is 10.7. The van der Waals surface area contributed by atoms with Crippen molar-refractivity contribution in [2.75, 3.05) is 0 Å². The summed E-state index contributed by atoms with van der Waals surface area (Å²) in [4.78, 5) is 10.9. The third-order valence-electron chi connectivity index (χ3n) is 1.79. The van der Waals surface area contributed by atoms with Gasteiger partial charge in [-0.1, -0.05) is 15.9 Å². The molecule has 1 heterocycles. The van der Waals surface area contributed by atoms with Gasteiger partial charge in [-0.3, -0.25) is 0 Å². The molecule has 0 unspecified atom stereocenters. The maximum Gasteiger partial charge on any atom is 0.345 e. The summed E-state index contributed by atoms with van der Waals surface area (Å²) >= 11 is 4.37. The van der Waals surface area contributed by atoms with Crippen LogP contribution in [0.15, 0.2) is 22.7 Å². The molecule has 1 aromatic heterocycles. The zero-order valence-corrected chi connectivity index (χ0v) is 9.22. The predicted octanol–water partition coefficient (Wildman–Crippen LogP) is 3.07. The number of benzene rings is 1. The lowest BCUT2D eigenvalue weighted by molar-refractivity contribution is 0.0702. The number of hydrogen-bond donors (Lipinski definition) is 2. The van der Waals surface area contributed by atoms with Gasteiger partial charge in [-0.15, -0.1) is 11.3 Å². The molecule has 2 rings (SSSR count). The molecule has 3 nitrogen and oxygen atoms in total. The Balaban J connectivity index is 2.76. The lowest BCUT2D eigenvalue weighted by Gasteiger charge is -1.94. The lowest BCUT2D eigenvalue weighted by atomic mass is 10.2. The van der Waals surface area contributed by atoms with E-state index in [1.807, 2.05) is 0 Å². The average Bonchev–Trinajstić information content (AvgIpc) is 2.47. The van der Waals surface area contributed by atoms with E-state index in [1.54, 1.807) is 12.1 Å². The first-order valence-corrected chi connectivity index (χ1v) is 5.34. The van der Waals surface area contributed by atoms with E-state index in [9.17, 15) is 9.90 Å². The van der Waals surface area contributed by atoms with Gasteiger partial charge in [0.25, 0.3) is 0 Å². The molecule has 72 valence electrons. The van der Waals surface area contributed by atoms with Crippen LogP contribution in [-0.4, -0.2) is 16.2 Å². The number of carboxylic acids is 1. The van der Waals surface area contributed by atoms with Crippen molar-refractivity contribution < 1.29 is 15.0 Å². The van der Waals surface area contributed by atoms with Gasteiger partial charge in [-0.05, 0) is 18.2 Å². The van der Waals surface area contributed by atoms with Crippen LogP contribution in [0.5, 0.6) is 5.75 Å². The Bertz CT molecular complexity index is 518. The van der Waals surface area contributed by atoms with Crippen LogP contribution < -0.4 is 0 Å². The van der Waals surface area contributed by atoms with Gasteiger partial charge in [0.1, 0.15) is 10.6 Å². The Morgan fingerprint density at radius 1 is 1.36 bits per heavy atom. The molecular formula is C9H5BrO3S. The fraction of sp³-hybridized carbons (Fsp3) is 0. The smallest absolute Gasteiger partial charge is 0.345 e. The molecule has 0 fully saturated rings. The van der Waals surface area contributed by atoms with E-state index in [1.165, 1.54) is 6.07 Å². The van der Waals surface area contributed by atoms with Gasteiger partial charge in [0, 0.05) is 14.6 Å². The molecule has 0 aliphatic rings. The molecule has 0 bridgehead atoms. The molecule has 5 heteroatoms. The van der Waals surface area contributed by atoms with Crippen LogP contribution in [0.25, 0.3) is 10.1 Å². The van der Waals surface area contributed by atoms with Gasteiger partial charge in [0.15, 0.2) is 0 Å². The molecule has 0 saturated carbocycles. The SMILES string of the molecule is O=C(O)c1cc2c(O)cc(Br)cc2s1. The number of thiophene rings is 1. The normalized spacial score (nSPS) is 10.6. The predicted molar refractivity (Wildman–Crippen MR) is 58.1 cm³/mol. The third kappa shape index (κ3) is 1.49. The van der Waals surface area contributed by atoms with Gasteiger partial charge in [-0.2, -0.15) is 0 Å². The zero-order valence-electron chi connectivity index (χ0n) is 6.82. The second-order valence-electron chi connectivity index (χ2n) is 2.75. The summed E-state index contributed by atoms with van der Waals surface area (Å²) in [6.45, 7) is 0. The van der Waals surface area contributed by atoms with Crippen molar-refractivity contribution in [2.45, 2.75) is 0 Å². The molecule has 0 aliphatic carbocycles. The molecule has 0 aliphatic heterocycles. The van der Waals surface area contributed by atoms with Crippen LogP contribution in [0.1, 0.15) is 9.67 Å². The van der Waals surface area contributed by atoms with Crippen LogP contribution in [0.2, 0.25) is 0 Å². The summed E-state index contributed by atoms with van der Waals surface area (Å²) in [6, 6.07) is 4.80. The van der Waals surface area contributed by atoms with Crippen LogP contribution >= 0.6 is 27.3 Å². The topological polar surface area (TPSA) is 57.5 Å². The summed E-state index contributed by atoms with van der Waals surface area (Å²) in [5.41, 5.74) is 0. The highest BCUT2D eigenvalue weighted by Crippen LogP contribution is 2.35. The number of phenolic OH excluding ortho intramolecular Hbond substituents is 1. The highest BCUT2D eigenvalue weighted by Gasteiger charge is 2.11. The fourth-order valence-corrected chi connectivity index (χ4v) is 2.75. The minimum atomic E-state index is -0.971. The Morgan fingerprint density at radius 3 is 2.71 bits per heavy atom. The van der Waals surface area contributed by atoms with Crippen molar-refractivity contribution in [3.8, 4) is 5.75 Å². The summed E-state index contributed by atoms with van der Waals surface area (Å²) < 4.78 is 1.50. The fourth-order valence-electron chi connectivity index (χ4n) is 1.19. The first-order valence-electron chi connectivity index (χ1n) is 3.73. The highest BCUT2D eigenvalue weighted by atomic mass is 79.9. The molecule has 0 amide bonds. The van der Waals surface area contributed by atoms with Crippen LogP contribution in [0, 0.1) is 0 Å². The van der Waals surface area contributed by atoms with Crippen LogP contribution in [-0.2, 0) is 0 Å². The Kier molecular flexibility index (Phi) is 2.20. The Morgan fingerprint density at radius 2 is 2.07 bits per heavy atom. The molecule has 1 aromatic carbocycles. The summed E-state index contributed by atoms with van der Waals surface area (Å²) in [6.07, 6.45) is 0. The largest absolute Gasteiger partial charge is 0.507 e. The summed E-state index contributed by atoms with van der Waals surface area (Å²) in [5, 5.41) is 18.9. The second kappa shape index (κ2) is 3.25. The minimum Gasteiger partial charge on any atom is -0.507 e. The monoisotopic (exact) mass is 272 g/mol. The highest BCUT2D eigenvalue weighted by molar-refractivity contribution is 9.10. The van der Waals surface area contributed by atoms with E-state index >= 15 is 0 Å². The van der Waals surface area contributed by atoms with E-state index in [0.717, 1.165) is 20.5 Å². The summed E-state index contributed by atoms with van der Waals surface area (Å²) in [5.74, 6) is -0.875. The number of aromatic carboxylic acids is 1. The lowest BCUT2D eigenvalue weighted by Crippen LogP contribution is -1.89. The quantitative estimate of drug-likeness (QED) is 0.839. The van der Waals surface area contributed by atoms with E-state index in [4.69, 9.17) is 5.11 Å². The van der Waals surface area contributed by atoms with E-state index in [-0.39, 0.29) is 10.6 Å². The number of fused-ring (bicyclic) bond motifs is 1. The van der Waals surface area contributed by atoms with E-state index < -0.39 is 5.97 Å². The van der Waals surface area contributed by atoms with Gasteiger partial charge in [0.2, 0.25) is 0 Å². The van der Waals surface area contributed by atoms with E-state index in [2.05, 4.69) is 15.9 Å². The van der Waals surface area contributed by atoms with Crippen LogP contribution in [0.4, 0.5) is 0 Å². The third-order valence-corrected chi connectivity index (χ3v) is 3.32. The first kappa shape index (κ1) is 9.48. The number of hydrogen-bond acceptors (Lipinski definition) is 3. The molecule has 0 atom stereocenters. The molecular weight excluding hydrogens is 268 g/mol. The molecule has 2 N–H and O–H groups in total. The zero-order chi connectivity index (χ0) is 10.3. The van der Waals surface area contributed by atoms with Gasteiger partial charge in [0.05, 0.1) is 0 Å². The van der Waals surface area contributed by atoms with Gasteiger partial charge < -0.3 is 10.2 Å². The second-order valence-corrected chi connectivity index (χ2v) is 4.75. The molecule has 0 saturated heterocycles. The average molecular weight is 273 g/mol.